The molecular weight excluding hydrogens is 278 g/mol. The first-order chi connectivity index (χ1) is 9.69. The number of furan rings is 1. The summed E-state index contributed by atoms with van der Waals surface area (Å²) in [5.74, 6) is 2.27. The minimum Gasteiger partial charge on any atom is -0.497 e. The van der Waals surface area contributed by atoms with Crippen LogP contribution in [0.5, 0.6) is 11.5 Å². The van der Waals surface area contributed by atoms with Crippen LogP contribution >= 0.6 is 11.6 Å². The number of halogens is 1. The summed E-state index contributed by atoms with van der Waals surface area (Å²) >= 11 is 5.87. The molecule has 0 saturated heterocycles. The molecule has 1 aromatic heterocycles. The fraction of sp³-hybridized carbons (Fsp3) is 0.333. The van der Waals surface area contributed by atoms with Gasteiger partial charge in [0.1, 0.15) is 17.3 Å². The summed E-state index contributed by atoms with van der Waals surface area (Å²) in [7, 11) is 3.28. The topological polar surface area (TPSA) is 43.6 Å². The minimum absolute atomic E-state index is 0.141. The van der Waals surface area contributed by atoms with Gasteiger partial charge in [-0.05, 0) is 48.5 Å². The lowest BCUT2D eigenvalue weighted by Crippen LogP contribution is -2.22. The Morgan fingerprint density at radius 1 is 1.20 bits per heavy atom. The van der Waals surface area contributed by atoms with E-state index in [-0.39, 0.29) is 6.04 Å². The summed E-state index contributed by atoms with van der Waals surface area (Å²) < 4.78 is 16.2. The molecule has 2 rings (SSSR count). The summed E-state index contributed by atoms with van der Waals surface area (Å²) in [6.07, 6.45) is 0. The Morgan fingerprint density at radius 3 is 2.55 bits per heavy atom. The fourth-order valence-electron chi connectivity index (χ4n) is 2.12. The number of rotatable bonds is 6. The van der Waals surface area contributed by atoms with Crippen LogP contribution in [0, 0.1) is 0 Å². The number of benzene rings is 1. The predicted octanol–water partition coefficient (Wildman–Crippen LogP) is 3.65. The highest BCUT2D eigenvalue weighted by molar-refractivity contribution is 6.28. The van der Waals surface area contributed by atoms with Gasteiger partial charge < -0.3 is 19.2 Å². The molecule has 1 N–H and O–H groups in total. The lowest BCUT2D eigenvalue weighted by Gasteiger charge is -2.19. The van der Waals surface area contributed by atoms with Gasteiger partial charge in [0.05, 0.1) is 20.3 Å². The van der Waals surface area contributed by atoms with Crippen molar-refractivity contribution in [1.29, 1.82) is 0 Å². The van der Waals surface area contributed by atoms with Crippen molar-refractivity contribution in [2.45, 2.75) is 13.0 Å². The van der Waals surface area contributed by atoms with Gasteiger partial charge in [0.15, 0.2) is 5.22 Å². The van der Waals surface area contributed by atoms with Crippen LogP contribution in [0.1, 0.15) is 24.3 Å². The van der Waals surface area contributed by atoms with E-state index in [9.17, 15) is 0 Å². The highest BCUT2D eigenvalue weighted by atomic mass is 35.5. The van der Waals surface area contributed by atoms with Crippen molar-refractivity contribution in [2.75, 3.05) is 20.8 Å². The Kier molecular flexibility index (Phi) is 4.93. The molecule has 4 nitrogen and oxygen atoms in total. The van der Waals surface area contributed by atoms with E-state index in [0.717, 1.165) is 29.4 Å². The van der Waals surface area contributed by atoms with Gasteiger partial charge in [0, 0.05) is 5.56 Å². The summed E-state index contributed by atoms with van der Waals surface area (Å²) in [5, 5.41) is 3.73. The van der Waals surface area contributed by atoms with Gasteiger partial charge in [-0.25, -0.2) is 0 Å². The molecule has 0 aliphatic heterocycles. The lowest BCUT2D eigenvalue weighted by atomic mass is 10.0. The fourth-order valence-corrected chi connectivity index (χ4v) is 2.27. The number of hydrogen-bond acceptors (Lipinski definition) is 4. The van der Waals surface area contributed by atoms with E-state index in [1.54, 1.807) is 20.3 Å². The van der Waals surface area contributed by atoms with Crippen LogP contribution < -0.4 is 14.8 Å². The van der Waals surface area contributed by atoms with Gasteiger partial charge in [0.2, 0.25) is 0 Å². The average Bonchev–Trinajstić information content (AvgIpc) is 2.90. The number of nitrogens with one attached hydrogen (secondary N) is 1. The molecule has 0 saturated carbocycles. The zero-order chi connectivity index (χ0) is 14.5. The molecule has 0 aliphatic carbocycles. The summed E-state index contributed by atoms with van der Waals surface area (Å²) in [5.41, 5.74) is 0.944. The quantitative estimate of drug-likeness (QED) is 0.883. The maximum atomic E-state index is 5.87. The molecule has 0 radical (unpaired) electrons. The summed E-state index contributed by atoms with van der Waals surface area (Å²) in [6.45, 7) is 2.81. The van der Waals surface area contributed by atoms with Crippen LogP contribution in [-0.4, -0.2) is 20.8 Å². The third-order valence-electron chi connectivity index (χ3n) is 3.03. The zero-order valence-electron chi connectivity index (χ0n) is 11.8. The molecule has 0 fully saturated rings. The van der Waals surface area contributed by atoms with Gasteiger partial charge >= 0.3 is 0 Å². The monoisotopic (exact) mass is 295 g/mol. The summed E-state index contributed by atoms with van der Waals surface area (Å²) in [6, 6.07) is 9.12. The highest BCUT2D eigenvalue weighted by Crippen LogP contribution is 2.34. The molecule has 0 amide bonds. The Bertz CT molecular complexity index is 568. The van der Waals surface area contributed by atoms with E-state index in [2.05, 4.69) is 5.32 Å². The van der Waals surface area contributed by atoms with Crippen molar-refractivity contribution in [2.24, 2.45) is 0 Å². The third-order valence-corrected chi connectivity index (χ3v) is 3.24. The van der Waals surface area contributed by atoms with Crippen LogP contribution in [0.25, 0.3) is 0 Å². The van der Waals surface area contributed by atoms with E-state index in [1.807, 2.05) is 31.2 Å². The largest absolute Gasteiger partial charge is 0.497 e. The second-order valence-electron chi connectivity index (χ2n) is 4.24. The van der Waals surface area contributed by atoms with Gasteiger partial charge in [-0.15, -0.1) is 0 Å². The van der Waals surface area contributed by atoms with Crippen LogP contribution in [0.4, 0.5) is 0 Å². The predicted molar refractivity (Wildman–Crippen MR) is 78.8 cm³/mol. The van der Waals surface area contributed by atoms with E-state index < -0.39 is 0 Å². The Labute approximate surface area is 123 Å². The van der Waals surface area contributed by atoms with Gasteiger partial charge in [0.25, 0.3) is 0 Å². The van der Waals surface area contributed by atoms with Gasteiger partial charge in [-0.3, -0.25) is 0 Å². The van der Waals surface area contributed by atoms with Crippen molar-refractivity contribution in [1.82, 2.24) is 5.32 Å². The van der Waals surface area contributed by atoms with Crippen LogP contribution in [0.15, 0.2) is 34.7 Å². The highest BCUT2D eigenvalue weighted by Gasteiger charge is 2.21. The first kappa shape index (κ1) is 14.8. The van der Waals surface area contributed by atoms with Crippen molar-refractivity contribution in [3.05, 3.63) is 46.9 Å². The van der Waals surface area contributed by atoms with Gasteiger partial charge in [-0.1, -0.05) is 6.92 Å². The van der Waals surface area contributed by atoms with Gasteiger partial charge in [-0.2, -0.15) is 0 Å². The third kappa shape index (κ3) is 3.08. The van der Waals surface area contributed by atoms with Crippen molar-refractivity contribution in [3.8, 4) is 11.5 Å². The molecule has 0 bridgehead atoms. The zero-order valence-corrected chi connectivity index (χ0v) is 12.5. The van der Waals surface area contributed by atoms with Crippen molar-refractivity contribution in [3.63, 3.8) is 0 Å². The molecule has 0 spiro atoms. The minimum atomic E-state index is -0.141. The molecule has 1 heterocycles. The van der Waals surface area contributed by atoms with Crippen LogP contribution in [-0.2, 0) is 0 Å². The molecule has 1 atom stereocenters. The maximum absolute atomic E-state index is 5.87. The smallest absolute Gasteiger partial charge is 0.193 e. The molecule has 0 aliphatic rings. The second kappa shape index (κ2) is 6.68. The Balaban J connectivity index is 2.47. The van der Waals surface area contributed by atoms with E-state index in [0.29, 0.717) is 5.22 Å². The van der Waals surface area contributed by atoms with E-state index in [4.69, 9.17) is 25.5 Å². The Morgan fingerprint density at radius 2 is 2.00 bits per heavy atom. The summed E-state index contributed by atoms with van der Waals surface area (Å²) in [4.78, 5) is 0. The first-order valence-corrected chi connectivity index (χ1v) is 6.78. The van der Waals surface area contributed by atoms with Crippen molar-refractivity contribution >= 4 is 11.6 Å². The normalized spacial score (nSPS) is 12.2. The van der Waals surface area contributed by atoms with E-state index in [1.165, 1.54) is 0 Å². The van der Waals surface area contributed by atoms with E-state index >= 15 is 0 Å². The number of methoxy groups -OCH3 is 2. The molecule has 5 heteroatoms. The number of ether oxygens (including phenoxy) is 2. The second-order valence-corrected chi connectivity index (χ2v) is 4.61. The molecule has 108 valence electrons. The lowest BCUT2D eigenvalue weighted by molar-refractivity contribution is 0.386. The maximum Gasteiger partial charge on any atom is 0.193 e. The average molecular weight is 296 g/mol. The Hall–Kier alpha value is -1.65. The molecule has 1 unspecified atom stereocenters. The molecular formula is C15H18ClNO3. The standard InChI is InChI=1S/C15H18ClNO3/c1-4-17-15(13-7-8-14(16)20-13)11-9-10(18-2)5-6-12(11)19-3/h5-9,15,17H,4H2,1-3H3. The molecule has 2 aromatic rings. The van der Waals surface area contributed by atoms with Crippen molar-refractivity contribution < 1.29 is 13.9 Å². The molecule has 1 aromatic carbocycles. The molecule has 20 heavy (non-hydrogen) atoms. The SMILES string of the molecule is CCNC(c1ccc(Cl)o1)c1cc(OC)ccc1OC. The number of hydrogen-bond donors (Lipinski definition) is 1. The van der Waals surface area contributed by atoms with Crippen LogP contribution in [0.2, 0.25) is 5.22 Å². The van der Waals surface area contributed by atoms with Crippen LogP contribution in [0.3, 0.4) is 0 Å². The first-order valence-electron chi connectivity index (χ1n) is 6.40.